The second-order valence-electron chi connectivity index (χ2n) is 4.61. The zero-order valence-corrected chi connectivity index (χ0v) is 9.95. The molecule has 1 aromatic carbocycles. The van der Waals surface area contributed by atoms with E-state index in [9.17, 15) is 14.5 Å². The smallest absolute Gasteiger partial charge is 0.311 e. The Morgan fingerprint density at radius 1 is 1.32 bits per heavy atom. The summed E-state index contributed by atoms with van der Waals surface area (Å²) in [7, 11) is 0. The van der Waals surface area contributed by atoms with Gasteiger partial charge in [-0.05, 0) is 6.07 Å². The topological polar surface area (TPSA) is 70.8 Å². The van der Waals surface area contributed by atoms with Crippen molar-refractivity contribution in [2.45, 2.75) is 31.2 Å². The Morgan fingerprint density at radius 2 is 2.00 bits per heavy atom. The van der Waals surface area contributed by atoms with Gasteiger partial charge in [-0.1, -0.05) is 0 Å². The van der Waals surface area contributed by atoms with Gasteiger partial charge in [0, 0.05) is 25.0 Å². The van der Waals surface area contributed by atoms with E-state index in [1.165, 1.54) is 0 Å². The lowest BCUT2D eigenvalue weighted by Crippen LogP contribution is -2.15. The SMILES string of the molecule is O=[N+]([O-])c1ccc(F)cc1O[C@H]1C[C@@H]2OCO[C@@H]2C1. The highest BCUT2D eigenvalue weighted by Gasteiger charge is 2.41. The summed E-state index contributed by atoms with van der Waals surface area (Å²) in [6, 6.07) is 3.18. The van der Waals surface area contributed by atoms with Crippen molar-refractivity contribution in [2.24, 2.45) is 0 Å². The number of fused-ring (bicyclic) bond motifs is 1. The zero-order chi connectivity index (χ0) is 13.4. The highest BCUT2D eigenvalue weighted by molar-refractivity contribution is 5.46. The maximum Gasteiger partial charge on any atom is 0.311 e. The van der Waals surface area contributed by atoms with Crippen molar-refractivity contribution in [3.05, 3.63) is 34.1 Å². The lowest BCUT2D eigenvalue weighted by atomic mass is 10.2. The number of benzene rings is 1. The molecular formula is C12H12FNO5. The van der Waals surface area contributed by atoms with Gasteiger partial charge in [0.1, 0.15) is 18.7 Å². The van der Waals surface area contributed by atoms with Gasteiger partial charge in [-0.3, -0.25) is 10.1 Å². The molecule has 0 amide bonds. The van der Waals surface area contributed by atoms with Gasteiger partial charge >= 0.3 is 5.69 Å². The van der Waals surface area contributed by atoms with Crippen LogP contribution < -0.4 is 4.74 Å². The fourth-order valence-corrected chi connectivity index (χ4v) is 2.49. The molecule has 102 valence electrons. The van der Waals surface area contributed by atoms with Crippen LogP contribution in [0.15, 0.2) is 18.2 Å². The Morgan fingerprint density at radius 3 is 2.63 bits per heavy atom. The maximum absolute atomic E-state index is 13.2. The van der Waals surface area contributed by atoms with E-state index in [2.05, 4.69) is 0 Å². The molecule has 1 aromatic rings. The van der Waals surface area contributed by atoms with E-state index in [0.29, 0.717) is 12.8 Å². The van der Waals surface area contributed by atoms with Gasteiger partial charge in [0.15, 0.2) is 5.75 Å². The predicted molar refractivity (Wildman–Crippen MR) is 61.3 cm³/mol. The third-order valence-electron chi connectivity index (χ3n) is 3.38. The lowest BCUT2D eigenvalue weighted by Gasteiger charge is -2.14. The Bertz CT molecular complexity index is 497. The second-order valence-corrected chi connectivity index (χ2v) is 4.61. The fraction of sp³-hybridized carbons (Fsp3) is 0.500. The maximum atomic E-state index is 13.2. The summed E-state index contributed by atoms with van der Waals surface area (Å²) >= 11 is 0. The Hall–Kier alpha value is -1.73. The monoisotopic (exact) mass is 269 g/mol. The number of rotatable bonds is 3. The molecule has 19 heavy (non-hydrogen) atoms. The summed E-state index contributed by atoms with van der Waals surface area (Å²) in [5.74, 6) is -0.610. The van der Waals surface area contributed by atoms with Gasteiger partial charge in [0.25, 0.3) is 0 Å². The second kappa shape index (κ2) is 4.75. The minimum atomic E-state index is -0.586. The molecule has 0 unspecified atom stereocenters. The number of halogens is 1. The van der Waals surface area contributed by atoms with Crippen LogP contribution in [0.2, 0.25) is 0 Å². The van der Waals surface area contributed by atoms with Crippen LogP contribution in [-0.2, 0) is 9.47 Å². The molecule has 1 aliphatic carbocycles. The first kappa shape index (κ1) is 12.3. The van der Waals surface area contributed by atoms with E-state index in [1.807, 2.05) is 0 Å². The standard InChI is InChI=1S/C12H12FNO5/c13-7-1-2-9(14(15)16)10(3-7)19-8-4-11-12(5-8)18-6-17-11/h1-3,8,11-12H,4-6H2/t8-,11-,12+. The van der Waals surface area contributed by atoms with Crippen LogP contribution in [0.3, 0.4) is 0 Å². The first-order chi connectivity index (χ1) is 9.13. The molecule has 1 heterocycles. The third-order valence-corrected chi connectivity index (χ3v) is 3.38. The summed E-state index contributed by atoms with van der Waals surface area (Å²) in [6.45, 7) is 0.280. The molecule has 3 atom stereocenters. The van der Waals surface area contributed by atoms with Crippen LogP contribution in [0.25, 0.3) is 0 Å². The normalized spacial score (nSPS) is 29.2. The van der Waals surface area contributed by atoms with Gasteiger partial charge in [-0.15, -0.1) is 0 Å². The summed E-state index contributed by atoms with van der Waals surface area (Å²) < 4.78 is 29.4. The molecular weight excluding hydrogens is 257 g/mol. The number of nitro groups is 1. The van der Waals surface area contributed by atoms with E-state index in [0.717, 1.165) is 18.2 Å². The van der Waals surface area contributed by atoms with Gasteiger partial charge < -0.3 is 14.2 Å². The van der Waals surface area contributed by atoms with Gasteiger partial charge in [0.05, 0.1) is 17.1 Å². The molecule has 6 nitrogen and oxygen atoms in total. The lowest BCUT2D eigenvalue weighted by molar-refractivity contribution is -0.386. The van der Waals surface area contributed by atoms with E-state index >= 15 is 0 Å². The van der Waals surface area contributed by atoms with E-state index in [-0.39, 0.29) is 36.5 Å². The van der Waals surface area contributed by atoms with E-state index < -0.39 is 10.7 Å². The number of nitro benzene ring substituents is 1. The predicted octanol–water partition coefficient (Wildman–Crippen LogP) is 2.02. The van der Waals surface area contributed by atoms with Crippen LogP contribution in [0.4, 0.5) is 10.1 Å². The summed E-state index contributed by atoms with van der Waals surface area (Å²) in [4.78, 5) is 10.3. The van der Waals surface area contributed by atoms with Crippen LogP contribution >= 0.6 is 0 Å². The Labute approximate surface area is 108 Å². The van der Waals surface area contributed by atoms with E-state index in [1.54, 1.807) is 0 Å². The molecule has 0 bridgehead atoms. The van der Waals surface area contributed by atoms with Crippen molar-refractivity contribution in [1.29, 1.82) is 0 Å². The molecule has 2 aliphatic rings. The quantitative estimate of drug-likeness (QED) is 0.620. The third kappa shape index (κ3) is 2.39. The average Bonchev–Trinajstić information content (AvgIpc) is 2.89. The molecule has 1 saturated carbocycles. The Balaban J connectivity index is 1.76. The van der Waals surface area contributed by atoms with Crippen molar-refractivity contribution < 1.29 is 23.5 Å². The van der Waals surface area contributed by atoms with Crippen LogP contribution in [0, 0.1) is 15.9 Å². The first-order valence-corrected chi connectivity index (χ1v) is 5.97. The van der Waals surface area contributed by atoms with Crippen LogP contribution in [0.5, 0.6) is 5.75 Å². The number of nitrogens with zero attached hydrogens (tertiary/aromatic N) is 1. The van der Waals surface area contributed by atoms with E-state index in [4.69, 9.17) is 14.2 Å². The van der Waals surface area contributed by atoms with Crippen LogP contribution in [-0.4, -0.2) is 30.0 Å². The molecule has 7 heteroatoms. The Kier molecular flexibility index (Phi) is 3.08. The van der Waals surface area contributed by atoms with Gasteiger partial charge in [-0.2, -0.15) is 0 Å². The van der Waals surface area contributed by atoms with Crippen molar-refractivity contribution >= 4 is 5.69 Å². The fourth-order valence-electron chi connectivity index (χ4n) is 2.49. The molecule has 1 aliphatic heterocycles. The molecule has 0 aromatic heterocycles. The molecule has 0 radical (unpaired) electrons. The molecule has 0 spiro atoms. The number of hydrogen-bond acceptors (Lipinski definition) is 5. The molecule has 0 N–H and O–H groups in total. The highest BCUT2D eigenvalue weighted by atomic mass is 19.1. The first-order valence-electron chi connectivity index (χ1n) is 5.97. The number of ether oxygens (including phenoxy) is 3. The van der Waals surface area contributed by atoms with Gasteiger partial charge in [-0.25, -0.2) is 4.39 Å². The zero-order valence-electron chi connectivity index (χ0n) is 9.95. The van der Waals surface area contributed by atoms with Crippen molar-refractivity contribution in [1.82, 2.24) is 0 Å². The minimum absolute atomic E-state index is 0.0300. The van der Waals surface area contributed by atoms with Crippen LogP contribution in [0.1, 0.15) is 12.8 Å². The van der Waals surface area contributed by atoms with Crippen molar-refractivity contribution in [3.63, 3.8) is 0 Å². The largest absolute Gasteiger partial charge is 0.483 e. The van der Waals surface area contributed by atoms with Crippen molar-refractivity contribution in [2.75, 3.05) is 6.79 Å². The summed E-state index contributed by atoms with van der Waals surface area (Å²) in [6.07, 6.45) is 0.877. The van der Waals surface area contributed by atoms with Crippen molar-refractivity contribution in [3.8, 4) is 5.75 Å². The van der Waals surface area contributed by atoms with Gasteiger partial charge in [0.2, 0.25) is 0 Å². The minimum Gasteiger partial charge on any atom is -0.483 e. The molecule has 3 rings (SSSR count). The molecule has 1 saturated heterocycles. The number of hydrogen-bond donors (Lipinski definition) is 0. The average molecular weight is 269 g/mol. The molecule has 2 fully saturated rings. The summed E-state index contributed by atoms with van der Waals surface area (Å²) in [5, 5.41) is 10.9. The summed E-state index contributed by atoms with van der Waals surface area (Å²) in [5.41, 5.74) is -0.236. The highest BCUT2D eigenvalue weighted by Crippen LogP contribution is 2.35.